The van der Waals surface area contributed by atoms with Gasteiger partial charge in [0.15, 0.2) is 0 Å². The van der Waals surface area contributed by atoms with Crippen LogP contribution in [-0.4, -0.2) is 23.3 Å². The average Bonchev–Trinajstić information content (AvgIpc) is 2.53. The summed E-state index contributed by atoms with van der Waals surface area (Å²) in [6.07, 6.45) is 0. The Labute approximate surface area is 151 Å². The third-order valence-electron chi connectivity index (χ3n) is 3.89. The molecule has 0 saturated carbocycles. The van der Waals surface area contributed by atoms with E-state index in [4.69, 9.17) is 28.9 Å². The summed E-state index contributed by atoms with van der Waals surface area (Å²) in [4.78, 5) is 26.0. The van der Waals surface area contributed by atoms with Crippen LogP contribution in [0.3, 0.4) is 0 Å². The van der Waals surface area contributed by atoms with Crippen LogP contribution in [-0.2, 0) is 10.3 Å². The molecule has 2 aromatic carbocycles. The third kappa shape index (κ3) is 3.71. The van der Waals surface area contributed by atoms with Gasteiger partial charge in [0, 0.05) is 0 Å². The molecule has 2 amide bonds. The molecule has 0 aliphatic carbocycles. The van der Waals surface area contributed by atoms with Crippen molar-refractivity contribution >= 4 is 35.0 Å². The molecule has 126 valence electrons. The Bertz CT molecular complexity index is 741. The predicted octanol–water partition coefficient (Wildman–Crippen LogP) is 3.86. The number of carbonyl (C=O) groups excluding carboxylic acids is 2. The fourth-order valence-electron chi connectivity index (χ4n) is 2.52. The maximum Gasteiger partial charge on any atom is 0.258 e. The fourth-order valence-corrected chi connectivity index (χ4v) is 3.08. The second kappa shape index (κ2) is 7.24. The molecule has 0 spiro atoms. The highest BCUT2D eigenvalue weighted by atomic mass is 35.5. The van der Waals surface area contributed by atoms with Crippen molar-refractivity contribution in [2.24, 2.45) is 5.73 Å². The molecule has 0 heterocycles. The number of halogens is 2. The van der Waals surface area contributed by atoms with Crippen molar-refractivity contribution < 1.29 is 9.59 Å². The quantitative estimate of drug-likeness (QED) is 0.875. The van der Waals surface area contributed by atoms with Crippen LogP contribution in [0.5, 0.6) is 0 Å². The van der Waals surface area contributed by atoms with E-state index < -0.39 is 17.4 Å². The van der Waals surface area contributed by atoms with Gasteiger partial charge in [0.2, 0.25) is 5.91 Å². The van der Waals surface area contributed by atoms with E-state index in [0.717, 1.165) is 5.56 Å². The minimum Gasteiger partial charge on any atom is -0.368 e. The predicted molar refractivity (Wildman–Crippen MR) is 96.2 cm³/mol. The summed E-state index contributed by atoms with van der Waals surface area (Å²) < 4.78 is 0. The van der Waals surface area contributed by atoms with Gasteiger partial charge in [-0.05, 0) is 31.5 Å². The van der Waals surface area contributed by atoms with Crippen molar-refractivity contribution in [3.8, 4) is 0 Å². The van der Waals surface area contributed by atoms with E-state index in [9.17, 15) is 9.59 Å². The zero-order valence-corrected chi connectivity index (χ0v) is 14.9. The van der Waals surface area contributed by atoms with Crippen molar-refractivity contribution in [3.05, 3.63) is 69.7 Å². The summed E-state index contributed by atoms with van der Waals surface area (Å²) in [7, 11) is 0. The number of nitrogens with two attached hydrogens (primary N) is 1. The van der Waals surface area contributed by atoms with E-state index in [0.29, 0.717) is 0 Å². The summed E-state index contributed by atoms with van der Waals surface area (Å²) in [5.74, 6) is -1.06. The number of hydrogen-bond donors (Lipinski definition) is 1. The summed E-state index contributed by atoms with van der Waals surface area (Å²) in [6.45, 7) is 3.43. The topological polar surface area (TPSA) is 63.4 Å². The average molecular weight is 365 g/mol. The number of rotatable bonds is 5. The second-order valence-corrected chi connectivity index (χ2v) is 6.69. The molecule has 0 atom stereocenters. The number of nitrogens with zero attached hydrogens (tertiary/aromatic N) is 1. The van der Waals surface area contributed by atoms with Gasteiger partial charge >= 0.3 is 0 Å². The van der Waals surface area contributed by atoms with Crippen LogP contribution < -0.4 is 5.73 Å². The van der Waals surface area contributed by atoms with Crippen molar-refractivity contribution in [2.75, 3.05) is 6.54 Å². The molecule has 0 aliphatic heterocycles. The smallest absolute Gasteiger partial charge is 0.258 e. The van der Waals surface area contributed by atoms with Crippen LogP contribution in [0.1, 0.15) is 29.8 Å². The van der Waals surface area contributed by atoms with Gasteiger partial charge in [-0.3, -0.25) is 9.59 Å². The molecule has 24 heavy (non-hydrogen) atoms. The molecule has 0 radical (unpaired) electrons. The lowest BCUT2D eigenvalue weighted by molar-refractivity contribution is -0.119. The van der Waals surface area contributed by atoms with Crippen LogP contribution in [0, 0.1) is 0 Å². The maximum atomic E-state index is 13.1. The largest absolute Gasteiger partial charge is 0.368 e. The number of hydrogen-bond acceptors (Lipinski definition) is 2. The van der Waals surface area contributed by atoms with E-state index in [1.807, 2.05) is 44.2 Å². The highest BCUT2D eigenvalue weighted by molar-refractivity contribution is 6.39. The molecule has 0 saturated heterocycles. The zero-order chi connectivity index (χ0) is 17.9. The SMILES string of the molecule is CC(C)(c1ccccc1)N(CC(N)=O)C(=O)c1c(Cl)cccc1Cl. The first-order valence-electron chi connectivity index (χ1n) is 7.35. The van der Waals surface area contributed by atoms with Crippen LogP contribution in [0.4, 0.5) is 0 Å². The Kier molecular flexibility index (Phi) is 5.52. The molecular formula is C18H18Cl2N2O2. The summed E-state index contributed by atoms with van der Waals surface area (Å²) in [5, 5.41) is 0.455. The molecule has 0 aromatic heterocycles. The van der Waals surface area contributed by atoms with Crippen molar-refractivity contribution in [1.29, 1.82) is 0 Å². The van der Waals surface area contributed by atoms with Crippen molar-refractivity contribution in [1.82, 2.24) is 4.90 Å². The zero-order valence-electron chi connectivity index (χ0n) is 13.4. The highest BCUT2D eigenvalue weighted by Crippen LogP contribution is 2.32. The van der Waals surface area contributed by atoms with E-state index in [-0.39, 0.29) is 22.2 Å². The first-order chi connectivity index (χ1) is 11.2. The van der Waals surface area contributed by atoms with Gasteiger partial charge in [-0.15, -0.1) is 0 Å². The van der Waals surface area contributed by atoms with E-state index in [1.54, 1.807) is 18.2 Å². The molecule has 2 rings (SSSR count). The van der Waals surface area contributed by atoms with Gasteiger partial charge in [-0.1, -0.05) is 59.6 Å². The number of amides is 2. The molecule has 0 bridgehead atoms. The first-order valence-corrected chi connectivity index (χ1v) is 8.10. The van der Waals surface area contributed by atoms with Crippen molar-refractivity contribution in [2.45, 2.75) is 19.4 Å². The highest BCUT2D eigenvalue weighted by Gasteiger charge is 2.35. The monoisotopic (exact) mass is 364 g/mol. The summed E-state index contributed by atoms with van der Waals surface area (Å²) >= 11 is 12.3. The maximum absolute atomic E-state index is 13.1. The number of carbonyl (C=O) groups is 2. The van der Waals surface area contributed by atoms with Gasteiger partial charge in [0.25, 0.3) is 5.91 Å². The summed E-state index contributed by atoms with van der Waals surface area (Å²) in [6, 6.07) is 14.2. The Morgan fingerprint density at radius 3 is 2.04 bits per heavy atom. The Morgan fingerprint density at radius 2 is 1.54 bits per heavy atom. The van der Waals surface area contributed by atoms with Crippen LogP contribution in [0.25, 0.3) is 0 Å². The second-order valence-electron chi connectivity index (χ2n) is 5.88. The van der Waals surface area contributed by atoms with Gasteiger partial charge < -0.3 is 10.6 Å². The summed E-state index contributed by atoms with van der Waals surface area (Å²) in [5.41, 5.74) is 5.60. The minimum absolute atomic E-state index is 0.158. The minimum atomic E-state index is -0.782. The Morgan fingerprint density at radius 1 is 1.00 bits per heavy atom. The normalized spacial score (nSPS) is 11.2. The van der Waals surface area contributed by atoms with Crippen molar-refractivity contribution in [3.63, 3.8) is 0 Å². The van der Waals surface area contributed by atoms with Crippen LogP contribution >= 0.6 is 23.2 Å². The standard InChI is InChI=1S/C18H18Cl2N2O2/c1-18(2,12-7-4-3-5-8-12)22(11-15(21)23)17(24)16-13(19)9-6-10-14(16)20/h3-10H,11H2,1-2H3,(H2,21,23). The lowest BCUT2D eigenvalue weighted by atomic mass is 9.91. The fraction of sp³-hybridized carbons (Fsp3) is 0.222. The van der Waals surface area contributed by atoms with Gasteiger partial charge in [-0.2, -0.15) is 0 Å². The molecule has 6 heteroatoms. The molecule has 0 fully saturated rings. The number of primary amides is 1. The molecule has 2 N–H and O–H groups in total. The molecule has 2 aromatic rings. The van der Waals surface area contributed by atoms with Gasteiger partial charge in [0.05, 0.1) is 21.1 Å². The van der Waals surface area contributed by atoms with Crippen LogP contribution in [0.2, 0.25) is 10.0 Å². The molecular weight excluding hydrogens is 347 g/mol. The Hall–Kier alpha value is -2.04. The third-order valence-corrected chi connectivity index (χ3v) is 4.52. The Balaban J connectivity index is 2.53. The van der Waals surface area contributed by atoms with E-state index in [2.05, 4.69) is 0 Å². The number of benzene rings is 2. The van der Waals surface area contributed by atoms with E-state index >= 15 is 0 Å². The molecule has 0 unspecified atom stereocenters. The first kappa shape index (κ1) is 18.3. The molecule has 0 aliphatic rings. The van der Waals surface area contributed by atoms with Gasteiger partial charge in [0.1, 0.15) is 6.54 Å². The van der Waals surface area contributed by atoms with Crippen LogP contribution in [0.15, 0.2) is 48.5 Å². The molecule has 4 nitrogen and oxygen atoms in total. The lowest BCUT2D eigenvalue weighted by Gasteiger charge is -2.38. The van der Waals surface area contributed by atoms with E-state index in [1.165, 1.54) is 4.90 Å². The lowest BCUT2D eigenvalue weighted by Crippen LogP contribution is -2.49. The van der Waals surface area contributed by atoms with Gasteiger partial charge in [-0.25, -0.2) is 0 Å².